The van der Waals surface area contributed by atoms with E-state index in [-0.39, 0.29) is 6.10 Å². The highest BCUT2D eigenvalue weighted by Crippen LogP contribution is 2.38. The van der Waals surface area contributed by atoms with Gasteiger partial charge in [-0.25, -0.2) is 0 Å². The van der Waals surface area contributed by atoms with Gasteiger partial charge in [0.1, 0.15) is 0 Å². The van der Waals surface area contributed by atoms with Crippen LogP contribution in [-0.4, -0.2) is 16.5 Å². The molecule has 0 bridgehead atoms. The van der Waals surface area contributed by atoms with Crippen molar-refractivity contribution in [1.29, 1.82) is 0 Å². The molecule has 88 valence electrons. The maximum absolute atomic E-state index is 9.90. The minimum atomic E-state index is -0.600. The van der Waals surface area contributed by atoms with Crippen molar-refractivity contribution in [3.05, 3.63) is 30.3 Å². The summed E-state index contributed by atoms with van der Waals surface area (Å²) in [5.41, 5.74) is 6.33. The molecule has 0 radical (unpaired) electrons. The van der Waals surface area contributed by atoms with E-state index in [9.17, 15) is 5.11 Å². The van der Waals surface area contributed by atoms with E-state index in [1.807, 2.05) is 18.2 Å². The summed E-state index contributed by atoms with van der Waals surface area (Å²) in [4.78, 5) is 1.25. The Kier molecular flexibility index (Phi) is 3.75. The van der Waals surface area contributed by atoms with Gasteiger partial charge in [0.05, 0.1) is 6.10 Å². The molecule has 0 saturated heterocycles. The predicted octanol–water partition coefficient (Wildman–Crippen LogP) is 3.19. The molecular formula is C14H20OS. The Morgan fingerprint density at radius 3 is 2.56 bits per heavy atom. The van der Waals surface area contributed by atoms with Crippen molar-refractivity contribution in [2.75, 3.05) is 0 Å². The van der Waals surface area contributed by atoms with Gasteiger partial charge >= 0.3 is 0 Å². The molecule has 1 aliphatic rings. The van der Waals surface area contributed by atoms with Gasteiger partial charge in [-0.2, -0.15) is 10.3 Å². The molecule has 0 spiro atoms. The number of rotatable bonds is 0. The zero-order valence-electron chi connectivity index (χ0n) is 9.71. The lowest BCUT2D eigenvalue weighted by molar-refractivity contribution is 0.0820. The van der Waals surface area contributed by atoms with Gasteiger partial charge in [0.2, 0.25) is 0 Å². The zero-order valence-corrected chi connectivity index (χ0v) is 10.6. The molecular weight excluding hydrogens is 216 g/mol. The quantitative estimate of drug-likeness (QED) is 0.663. The fourth-order valence-corrected chi connectivity index (χ4v) is 4.15. The lowest BCUT2D eigenvalue weighted by Gasteiger charge is -2.32. The first-order chi connectivity index (χ1) is 7.68. The number of hydrogen-bond acceptors (Lipinski definition) is 1. The van der Waals surface area contributed by atoms with E-state index in [4.69, 9.17) is 5.69 Å². The molecule has 2 heteroatoms. The van der Waals surface area contributed by atoms with Crippen LogP contribution in [0.3, 0.4) is 0 Å². The molecule has 0 aliphatic heterocycles. The molecule has 2 rings (SSSR count). The van der Waals surface area contributed by atoms with Crippen molar-refractivity contribution in [2.24, 2.45) is 5.92 Å². The average Bonchev–Trinajstić information content (AvgIpc) is 2.33. The number of thiol groups is 1. The molecule has 1 saturated carbocycles. The Labute approximate surface area is 100 Å². The summed E-state index contributed by atoms with van der Waals surface area (Å²) >= 11 is 0. The van der Waals surface area contributed by atoms with Crippen LogP contribution in [0, 0.1) is 11.6 Å². The maximum Gasteiger partial charge on any atom is 0.0576 e. The second kappa shape index (κ2) is 5.09. The number of aliphatic hydroxyl groups is 1. The van der Waals surface area contributed by atoms with Crippen LogP contribution >= 0.6 is 10.3 Å². The summed E-state index contributed by atoms with van der Waals surface area (Å²) in [7, 11) is -0.600. The van der Waals surface area contributed by atoms with Crippen LogP contribution in [0.4, 0.5) is 0 Å². The van der Waals surface area contributed by atoms with Gasteiger partial charge in [-0.05, 0) is 42.2 Å². The Hall–Kier alpha value is -0.690. The second-order valence-corrected chi connectivity index (χ2v) is 6.82. The van der Waals surface area contributed by atoms with Crippen molar-refractivity contribution in [3.63, 3.8) is 0 Å². The number of benzene rings is 1. The maximum atomic E-state index is 9.90. The number of hydrogen-bond donors (Lipinski definition) is 2. The van der Waals surface area contributed by atoms with Gasteiger partial charge in [0.15, 0.2) is 0 Å². The molecule has 0 heterocycles. The summed E-state index contributed by atoms with van der Waals surface area (Å²) in [6.45, 7) is 2.13. The highest BCUT2D eigenvalue weighted by molar-refractivity contribution is 8.07. The van der Waals surface area contributed by atoms with Crippen molar-refractivity contribution < 1.29 is 5.11 Å². The molecule has 1 aromatic carbocycles. The van der Waals surface area contributed by atoms with Crippen LogP contribution < -0.4 is 0 Å². The minimum Gasteiger partial charge on any atom is -0.393 e. The summed E-state index contributed by atoms with van der Waals surface area (Å²) in [5, 5.41) is 10.4. The SMILES string of the molecule is C#[SH](c1ccccc1)[C@@H]1CC[C@@H](C)[C@H](O)C1. The number of aliphatic hydroxyl groups excluding tert-OH is 1. The van der Waals surface area contributed by atoms with E-state index < -0.39 is 10.3 Å². The third kappa shape index (κ3) is 2.52. The highest BCUT2D eigenvalue weighted by Gasteiger charge is 2.26. The normalized spacial score (nSPS) is 32.2. The van der Waals surface area contributed by atoms with E-state index in [1.165, 1.54) is 4.90 Å². The monoisotopic (exact) mass is 236 g/mol. The first kappa shape index (κ1) is 11.8. The van der Waals surface area contributed by atoms with Crippen molar-refractivity contribution in [1.82, 2.24) is 0 Å². The van der Waals surface area contributed by atoms with Gasteiger partial charge in [-0.1, -0.05) is 25.1 Å². The molecule has 16 heavy (non-hydrogen) atoms. The molecule has 1 aromatic rings. The second-order valence-electron chi connectivity index (χ2n) is 4.75. The summed E-state index contributed by atoms with van der Waals surface area (Å²) < 4.78 is 0. The standard InChI is InChI=1S/C14H20OS/c1-11-8-9-13(10-14(11)15)16(2)12-6-4-3-5-7-12/h2-7,11,13-16H,8-10H2,1H3/t11-,13-,14-/m1/s1. The van der Waals surface area contributed by atoms with Gasteiger partial charge in [0.25, 0.3) is 0 Å². The van der Waals surface area contributed by atoms with E-state index >= 15 is 0 Å². The van der Waals surface area contributed by atoms with Crippen LogP contribution in [0.25, 0.3) is 0 Å². The average molecular weight is 236 g/mol. The van der Waals surface area contributed by atoms with Crippen molar-refractivity contribution in [2.45, 2.75) is 42.4 Å². The first-order valence-corrected chi connectivity index (χ1v) is 7.43. The first-order valence-electron chi connectivity index (χ1n) is 5.95. The molecule has 0 amide bonds. The van der Waals surface area contributed by atoms with Gasteiger partial charge < -0.3 is 5.11 Å². The molecule has 1 nitrogen and oxygen atoms in total. The summed E-state index contributed by atoms with van der Waals surface area (Å²) in [5.74, 6) is 0.440. The largest absolute Gasteiger partial charge is 0.393 e. The van der Waals surface area contributed by atoms with Gasteiger partial charge in [-0.3, -0.25) is 0 Å². The van der Waals surface area contributed by atoms with E-state index in [0.29, 0.717) is 11.2 Å². The molecule has 1 N–H and O–H groups in total. The summed E-state index contributed by atoms with van der Waals surface area (Å²) in [6, 6.07) is 10.3. The Morgan fingerprint density at radius 1 is 1.25 bits per heavy atom. The van der Waals surface area contributed by atoms with Crippen LogP contribution in [0.5, 0.6) is 0 Å². The topological polar surface area (TPSA) is 20.2 Å². The van der Waals surface area contributed by atoms with Gasteiger partial charge in [0, 0.05) is 5.25 Å². The smallest absolute Gasteiger partial charge is 0.0576 e. The van der Waals surface area contributed by atoms with Gasteiger partial charge in [-0.15, -0.1) is 5.69 Å². The fourth-order valence-electron chi connectivity index (χ4n) is 2.34. The highest BCUT2D eigenvalue weighted by atomic mass is 32.2. The molecule has 1 unspecified atom stereocenters. The van der Waals surface area contributed by atoms with Crippen LogP contribution in [0.15, 0.2) is 35.2 Å². The third-order valence-electron chi connectivity index (χ3n) is 3.57. The Morgan fingerprint density at radius 2 is 1.94 bits per heavy atom. The van der Waals surface area contributed by atoms with Crippen molar-refractivity contribution >= 4 is 10.3 Å². The predicted molar refractivity (Wildman–Crippen MR) is 71.4 cm³/mol. The summed E-state index contributed by atoms with van der Waals surface area (Å²) in [6.07, 6.45) is 2.98. The van der Waals surface area contributed by atoms with Crippen LogP contribution in [-0.2, 0) is 0 Å². The van der Waals surface area contributed by atoms with E-state index in [0.717, 1.165) is 19.3 Å². The lowest BCUT2D eigenvalue weighted by Crippen LogP contribution is -2.29. The molecule has 1 fully saturated rings. The molecule has 4 atom stereocenters. The fraction of sp³-hybridized carbons (Fsp3) is 0.500. The van der Waals surface area contributed by atoms with E-state index in [2.05, 4.69) is 19.1 Å². The third-order valence-corrected chi connectivity index (χ3v) is 5.72. The van der Waals surface area contributed by atoms with Crippen molar-refractivity contribution in [3.8, 4) is 5.69 Å². The van der Waals surface area contributed by atoms with Crippen LogP contribution in [0.2, 0.25) is 0 Å². The minimum absolute atomic E-state index is 0.156. The van der Waals surface area contributed by atoms with E-state index in [1.54, 1.807) is 0 Å². The molecule has 1 aliphatic carbocycles. The lowest BCUT2D eigenvalue weighted by atomic mass is 9.88. The van der Waals surface area contributed by atoms with Crippen LogP contribution in [0.1, 0.15) is 26.2 Å². The molecule has 0 aromatic heterocycles. The zero-order chi connectivity index (χ0) is 11.5. The Balaban J connectivity index is 2.08. The Bertz CT molecular complexity index is 404.